The van der Waals surface area contributed by atoms with Crippen LogP contribution in [0.15, 0.2) is 48.5 Å². The quantitative estimate of drug-likeness (QED) is 0.807. The second-order valence-corrected chi connectivity index (χ2v) is 4.77. The number of nitrogens with zero attached hydrogens (tertiary/aromatic N) is 1. The Bertz CT molecular complexity index is 677. The molecule has 100 valence electrons. The van der Waals surface area contributed by atoms with Crippen LogP contribution in [-0.2, 0) is 0 Å². The maximum Gasteiger partial charge on any atom is 0.258 e. The van der Waals surface area contributed by atoms with Crippen LogP contribution in [0, 0.1) is 0 Å². The average molecular weight is 266 g/mol. The van der Waals surface area contributed by atoms with E-state index in [4.69, 9.17) is 5.73 Å². The molecule has 4 heteroatoms. The first-order valence-electron chi connectivity index (χ1n) is 6.46. The van der Waals surface area contributed by atoms with Crippen LogP contribution in [0.4, 0.5) is 11.4 Å². The van der Waals surface area contributed by atoms with Crippen LogP contribution in [0.25, 0.3) is 0 Å². The molecule has 0 unspecified atom stereocenters. The van der Waals surface area contributed by atoms with Crippen LogP contribution in [0.5, 0.6) is 0 Å². The molecule has 0 fully saturated rings. The Labute approximate surface area is 116 Å². The molecule has 2 N–H and O–H groups in total. The lowest BCUT2D eigenvalue weighted by Crippen LogP contribution is -2.37. The molecule has 4 nitrogen and oxygen atoms in total. The molecule has 1 aliphatic rings. The molecule has 0 bridgehead atoms. The van der Waals surface area contributed by atoms with Crippen molar-refractivity contribution in [2.24, 2.45) is 0 Å². The van der Waals surface area contributed by atoms with Gasteiger partial charge in [-0.25, -0.2) is 0 Å². The van der Waals surface area contributed by atoms with E-state index in [0.717, 1.165) is 0 Å². The van der Waals surface area contributed by atoms with Gasteiger partial charge in [-0.15, -0.1) is 0 Å². The Morgan fingerprint density at radius 2 is 1.75 bits per heavy atom. The first-order valence-corrected chi connectivity index (χ1v) is 6.46. The van der Waals surface area contributed by atoms with Gasteiger partial charge in [0.05, 0.1) is 5.69 Å². The van der Waals surface area contributed by atoms with Gasteiger partial charge in [0.25, 0.3) is 5.91 Å². The predicted octanol–water partition coefficient (Wildman–Crippen LogP) is 2.50. The van der Waals surface area contributed by atoms with Gasteiger partial charge in [0, 0.05) is 29.8 Å². The average Bonchev–Trinajstić information content (AvgIpc) is 2.48. The summed E-state index contributed by atoms with van der Waals surface area (Å²) in [5, 5.41) is 0. The van der Waals surface area contributed by atoms with E-state index in [1.54, 1.807) is 35.2 Å². The van der Waals surface area contributed by atoms with Crippen molar-refractivity contribution >= 4 is 23.1 Å². The zero-order valence-electron chi connectivity index (χ0n) is 10.9. The third kappa shape index (κ3) is 2.05. The normalized spacial score (nSPS) is 14.0. The molecular weight excluding hydrogens is 252 g/mol. The second kappa shape index (κ2) is 4.81. The number of ketones is 1. The summed E-state index contributed by atoms with van der Waals surface area (Å²) in [6.45, 7) is 0.416. The van der Waals surface area contributed by atoms with Gasteiger partial charge in [-0.2, -0.15) is 0 Å². The van der Waals surface area contributed by atoms with Crippen molar-refractivity contribution in [2.75, 3.05) is 17.2 Å². The number of amides is 1. The van der Waals surface area contributed by atoms with Crippen molar-refractivity contribution in [3.8, 4) is 0 Å². The number of rotatable bonds is 1. The van der Waals surface area contributed by atoms with E-state index < -0.39 is 0 Å². The van der Waals surface area contributed by atoms with Gasteiger partial charge in [-0.1, -0.05) is 12.1 Å². The molecule has 0 aliphatic carbocycles. The zero-order valence-corrected chi connectivity index (χ0v) is 10.9. The minimum atomic E-state index is -0.107. The van der Waals surface area contributed by atoms with Crippen molar-refractivity contribution in [3.05, 3.63) is 59.7 Å². The number of fused-ring (bicyclic) bond motifs is 1. The Morgan fingerprint density at radius 1 is 1.05 bits per heavy atom. The van der Waals surface area contributed by atoms with Crippen LogP contribution >= 0.6 is 0 Å². The van der Waals surface area contributed by atoms with Crippen LogP contribution in [0.1, 0.15) is 27.1 Å². The monoisotopic (exact) mass is 266 g/mol. The molecule has 0 saturated heterocycles. The van der Waals surface area contributed by atoms with Gasteiger partial charge < -0.3 is 10.6 Å². The SMILES string of the molecule is Nc1ccc(C(=O)N2CCC(=O)c3ccccc32)cc1. The van der Waals surface area contributed by atoms with Gasteiger partial charge >= 0.3 is 0 Å². The van der Waals surface area contributed by atoms with Gasteiger partial charge in [0.1, 0.15) is 0 Å². The first-order chi connectivity index (χ1) is 9.66. The zero-order chi connectivity index (χ0) is 14.1. The van der Waals surface area contributed by atoms with E-state index in [1.165, 1.54) is 0 Å². The summed E-state index contributed by atoms with van der Waals surface area (Å²) < 4.78 is 0. The van der Waals surface area contributed by atoms with E-state index in [1.807, 2.05) is 18.2 Å². The topological polar surface area (TPSA) is 63.4 Å². The Kier molecular flexibility index (Phi) is 2.99. The number of carbonyl (C=O) groups excluding carboxylic acids is 2. The van der Waals surface area contributed by atoms with Crippen molar-refractivity contribution in [1.29, 1.82) is 0 Å². The third-order valence-electron chi connectivity index (χ3n) is 3.46. The lowest BCUT2D eigenvalue weighted by molar-refractivity contribution is 0.0955. The second-order valence-electron chi connectivity index (χ2n) is 4.77. The van der Waals surface area contributed by atoms with E-state index in [0.29, 0.717) is 35.5 Å². The molecule has 3 rings (SSSR count). The lowest BCUT2D eigenvalue weighted by atomic mass is 9.99. The highest BCUT2D eigenvalue weighted by molar-refractivity contribution is 6.13. The molecule has 1 heterocycles. The number of nitrogen functional groups attached to an aromatic ring is 1. The maximum absolute atomic E-state index is 12.6. The number of hydrogen-bond donors (Lipinski definition) is 1. The van der Waals surface area contributed by atoms with E-state index in [9.17, 15) is 9.59 Å². The van der Waals surface area contributed by atoms with Gasteiger partial charge in [0.2, 0.25) is 0 Å². The van der Waals surface area contributed by atoms with Crippen LogP contribution in [-0.4, -0.2) is 18.2 Å². The van der Waals surface area contributed by atoms with E-state index in [-0.39, 0.29) is 11.7 Å². The molecule has 1 aliphatic heterocycles. The highest BCUT2D eigenvalue weighted by Gasteiger charge is 2.27. The number of carbonyl (C=O) groups is 2. The number of anilines is 2. The van der Waals surface area contributed by atoms with Crippen LogP contribution < -0.4 is 10.6 Å². The highest BCUT2D eigenvalue weighted by Crippen LogP contribution is 2.28. The number of Topliss-reactive ketones (excluding diaryl/α,β-unsaturated/α-hetero) is 1. The molecule has 0 radical (unpaired) electrons. The Morgan fingerprint density at radius 3 is 2.50 bits per heavy atom. The van der Waals surface area contributed by atoms with E-state index >= 15 is 0 Å². The van der Waals surface area contributed by atoms with Gasteiger partial charge in [-0.05, 0) is 36.4 Å². The van der Waals surface area contributed by atoms with Crippen molar-refractivity contribution in [1.82, 2.24) is 0 Å². The number of para-hydroxylation sites is 1. The summed E-state index contributed by atoms with van der Waals surface area (Å²) in [6, 6.07) is 14.0. The van der Waals surface area contributed by atoms with Crippen molar-refractivity contribution in [2.45, 2.75) is 6.42 Å². The van der Waals surface area contributed by atoms with Crippen LogP contribution in [0.3, 0.4) is 0 Å². The van der Waals surface area contributed by atoms with E-state index in [2.05, 4.69) is 0 Å². The van der Waals surface area contributed by atoms with Crippen molar-refractivity contribution in [3.63, 3.8) is 0 Å². The summed E-state index contributed by atoms with van der Waals surface area (Å²) in [5.74, 6) is -0.0214. The molecule has 0 atom stereocenters. The summed E-state index contributed by atoms with van der Waals surface area (Å²) in [5.41, 5.74) is 8.12. The number of benzene rings is 2. The molecule has 2 aromatic rings. The third-order valence-corrected chi connectivity index (χ3v) is 3.46. The molecule has 1 amide bonds. The Hall–Kier alpha value is -2.62. The summed E-state index contributed by atoms with van der Waals surface area (Å²) >= 11 is 0. The largest absolute Gasteiger partial charge is 0.399 e. The summed E-state index contributed by atoms with van der Waals surface area (Å²) in [6.07, 6.45) is 0.359. The lowest BCUT2D eigenvalue weighted by Gasteiger charge is -2.28. The minimum Gasteiger partial charge on any atom is -0.399 e. The molecule has 2 aromatic carbocycles. The molecule has 0 saturated carbocycles. The van der Waals surface area contributed by atoms with Gasteiger partial charge in [0.15, 0.2) is 5.78 Å². The van der Waals surface area contributed by atoms with Gasteiger partial charge in [-0.3, -0.25) is 9.59 Å². The molecular formula is C16H14N2O2. The smallest absolute Gasteiger partial charge is 0.258 e. The fourth-order valence-electron chi connectivity index (χ4n) is 2.41. The summed E-state index contributed by atoms with van der Waals surface area (Å²) in [4.78, 5) is 26.1. The Balaban J connectivity index is 1.99. The first kappa shape index (κ1) is 12.4. The summed E-state index contributed by atoms with van der Waals surface area (Å²) in [7, 11) is 0. The highest BCUT2D eigenvalue weighted by atomic mass is 16.2. The predicted molar refractivity (Wildman–Crippen MR) is 77.9 cm³/mol. The minimum absolute atomic E-state index is 0.0851. The molecule has 20 heavy (non-hydrogen) atoms. The van der Waals surface area contributed by atoms with Crippen molar-refractivity contribution < 1.29 is 9.59 Å². The fraction of sp³-hybridized carbons (Fsp3) is 0.125. The maximum atomic E-state index is 12.6. The molecule has 0 aromatic heterocycles. The number of nitrogens with two attached hydrogens (primary N) is 1. The van der Waals surface area contributed by atoms with Crippen LogP contribution in [0.2, 0.25) is 0 Å². The molecule has 0 spiro atoms. The fourth-order valence-corrected chi connectivity index (χ4v) is 2.41. The number of hydrogen-bond acceptors (Lipinski definition) is 3. The standard InChI is InChI=1S/C16H14N2O2/c17-12-7-5-11(6-8-12)16(20)18-10-9-15(19)13-3-1-2-4-14(13)18/h1-8H,9-10,17H2.